The third-order valence-electron chi connectivity index (χ3n) is 2.80. The van der Waals surface area contributed by atoms with Crippen LogP contribution in [0, 0.1) is 16.7 Å². The van der Waals surface area contributed by atoms with Gasteiger partial charge in [0, 0.05) is 24.7 Å². The van der Waals surface area contributed by atoms with Crippen LogP contribution in [-0.4, -0.2) is 29.1 Å². The van der Waals surface area contributed by atoms with E-state index in [0.717, 1.165) is 6.42 Å². The number of rotatable bonds is 8. The molecule has 22 heavy (non-hydrogen) atoms. The molecule has 0 unspecified atom stereocenters. The number of nitriles is 1. The molecule has 0 atom stereocenters. The lowest BCUT2D eigenvalue weighted by Gasteiger charge is -2.33. The van der Waals surface area contributed by atoms with Gasteiger partial charge in [-0.15, -0.1) is 0 Å². The molecule has 6 heteroatoms. The SMILES string of the molecule is CC(C)(C)CC(C)(C)N/C=C(/C#N)C(=O)NCCCC(=O)O. The third-order valence-corrected chi connectivity index (χ3v) is 2.80. The van der Waals surface area contributed by atoms with E-state index in [2.05, 4.69) is 31.4 Å². The third kappa shape index (κ3) is 9.81. The van der Waals surface area contributed by atoms with Gasteiger partial charge < -0.3 is 15.7 Å². The lowest BCUT2D eigenvalue weighted by atomic mass is 9.82. The number of amides is 1. The van der Waals surface area contributed by atoms with Crippen LogP contribution in [0.5, 0.6) is 0 Å². The van der Waals surface area contributed by atoms with E-state index in [4.69, 9.17) is 10.4 Å². The lowest BCUT2D eigenvalue weighted by molar-refractivity contribution is -0.137. The molecule has 0 heterocycles. The van der Waals surface area contributed by atoms with Crippen molar-refractivity contribution in [3.05, 3.63) is 11.8 Å². The van der Waals surface area contributed by atoms with Gasteiger partial charge >= 0.3 is 5.97 Å². The van der Waals surface area contributed by atoms with Gasteiger partial charge in [-0.1, -0.05) is 20.8 Å². The van der Waals surface area contributed by atoms with Crippen LogP contribution < -0.4 is 10.6 Å². The van der Waals surface area contributed by atoms with Gasteiger partial charge in [-0.05, 0) is 32.1 Å². The maximum absolute atomic E-state index is 11.8. The van der Waals surface area contributed by atoms with E-state index in [0.29, 0.717) is 6.42 Å². The van der Waals surface area contributed by atoms with Gasteiger partial charge in [-0.2, -0.15) is 5.26 Å². The normalized spacial score (nSPS) is 12.5. The molecule has 0 aromatic rings. The highest BCUT2D eigenvalue weighted by Gasteiger charge is 2.24. The highest BCUT2D eigenvalue weighted by atomic mass is 16.4. The first-order chi connectivity index (χ1) is 9.97. The molecule has 0 fully saturated rings. The number of carbonyl (C=O) groups is 2. The predicted molar refractivity (Wildman–Crippen MR) is 84.9 cm³/mol. The van der Waals surface area contributed by atoms with Crippen molar-refractivity contribution in [2.45, 2.75) is 59.4 Å². The molecule has 0 bridgehead atoms. The van der Waals surface area contributed by atoms with Gasteiger partial charge in [-0.25, -0.2) is 0 Å². The van der Waals surface area contributed by atoms with Crippen LogP contribution in [0.4, 0.5) is 0 Å². The summed E-state index contributed by atoms with van der Waals surface area (Å²) in [5, 5.41) is 23.2. The molecular formula is C16H27N3O3. The van der Waals surface area contributed by atoms with Crippen LogP contribution in [-0.2, 0) is 9.59 Å². The highest BCUT2D eigenvalue weighted by Crippen LogP contribution is 2.26. The maximum Gasteiger partial charge on any atom is 0.303 e. The molecule has 0 radical (unpaired) electrons. The minimum absolute atomic E-state index is 0.0112. The van der Waals surface area contributed by atoms with Crippen molar-refractivity contribution in [1.29, 1.82) is 5.26 Å². The van der Waals surface area contributed by atoms with E-state index in [9.17, 15) is 9.59 Å². The van der Waals surface area contributed by atoms with Crippen molar-refractivity contribution in [2.24, 2.45) is 5.41 Å². The molecule has 124 valence electrons. The number of hydrogen-bond acceptors (Lipinski definition) is 4. The van der Waals surface area contributed by atoms with E-state index < -0.39 is 11.9 Å². The van der Waals surface area contributed by atoms with Crippen molar-refractivity contribution < 1.29 is 14.7 Å². The number of carboxylic acids is 1. The fourth-order valence-electron chi connectivity index (χ4n) is 2.33. The molecule has 1 amide bonds. The van der Waals surface area contributed by atoms with Crippen molar-refractivity contribution in [1.82, 2.24) is 10.6 Å². The zero-order valence-corrected chi connectivity index (χ0v) is 14.1. The maximum atomic E-state index is 11.8. The Morgan fingerprint density at radius 2 is 1.82 bits per heavy atom. The fourth-order valence-corrected chi connectivity index (χ4v) is 2.33. The minimum Gasteiger partial charge on any atom is -0.481 e. The molecule has 0 rings (SSSR count). The van der Waals surface area contributed by atoms with Gasteiger partial charge in [-0.3, -0.25) is 9.59 Å². The summed E-state index contributed by atoms with van der Waals surface area (Å²) < 4.78 is 0. The number of nitrogens with zero attached hydrogens (tertiary/aromatic N) is 1. The Labute approximate surface area is 132 Å². The highest BCUT2D eigenvalue weighted by molar-refractivity contribution is 5.97. The Bertz CT molecular complexity index is 468. The number of aliphatic carboxylic acids is 1. The summed E-state index contributed by atoms with van der Waals surface area (Å²) in [6.45, 7) is 10.6. The second-order valence-electron chi connectivity index (χ2n) is 7.19. The zero-order chi connectivity index (χ0) is 17.4. The summed E-state index contributed by atoms with van der Waals surface area (Å²) >= 11 is 0. The van der Waals surface area contributed by atoms with Gasteiger partial charge in [0.1, 0.15) is 11.6 Å². The number of carbonyl (C=O) groups excluding carboxylic acids is 1. The summed E-state index contributed by atoms with van der Waals surface area (Å²) in [6, 6.07) is 1.86. The smallest absolute Gasteiger partial charge is 0.303 e. The molecule has 0 aromatic heterocycles. The minimum atomic E-state index is -0.907. The standard InChI is InChI=1S/C16H27N3O3/c1-15(2,3)11-16(4,5)19-10-12(9-17)14(22)18-8-6-7-13(20)21/h10,19H,6-8,11H2,1-5H3,(H,18,22)(H,20,21)/b12-10-. The zero-order valence-electron chi connectivity index (χ0n) is 14.1. The molecule has 6 nitrogen and oxygen atoms in total. The number of hydrogen-bond donors (Lipinski definition) is 3. The average molecular weight is 309 g/mol. The monoisotopic (exact) mass is 309 g/mol. The molecule has 0 saturated carbocycles. The molecular weight excluding hydrogens is 282 g/mol. The van der Waals surface area contributed by atoms with E-state index in [1.807, 2.05) is 19.9 Å². The first kappa shape index (κ1) is 20.0. The summed E-state index contributed by atoms with van der Waals surface area (Å²) in [7, 11) is 0. The lowest BCUT2D eigenvalue weighted by Crippen LogP contribution is -2.40. The second kappa shape index (κ2) is 8.42. The molecule has 0 aromatic carbocycles. The summed E-state index contributed by atoms with van der Waals surface area (Å²) in [4.78, 5) is 22.2. The molecule has 3 N–H and O–H groups in total. The number of carboxylic acid groups (broad SMARTS) is 1. The Kier molecular flexibility index (Phi) is 7.64. The van der Waals surface area contributed by atoms with Crippen LogP contribution in [0.3, 0.4) is 0 Å². The van der Waals surface area contributed by atoms with Crippen LogP contribution in [0.15, 0.2) is 11.8 Å². The molecule has 0 spiro atoms. The van der Waals surface area contributed by atoms with E-state index >= 15 is 0 Å². The van der Waals surface area contributed by atoms with Gasteiger partial charge in [0.05, 0.1) is 0 Å². The Balaban J connectivity index is 4.53. The Morgan fingerprint density at radius 1 is 1.23 bits per heavy atom. The largest absolute Gasteiger partial charge is 0.481 e. The topological polar surface area (TPSA) is 102 Å². The molecule has 0 saturated heterocycles. The van der Waals surface area contributed by atoms with Crippen LogP contribution in [0.2, 0.25) is 0 Å². The van der Waals surface area contributed by atoms with Gasteiger partial charge in [0.25, 0.3) is 5.91 Å². The molecule has 0 aliphatic rings. The average Bonchev–Trinajstić information content (AvgIpc) is 2.32. The molecule has 0 aliphatic heterocycles. The van der Waals surface area contributed by atoms with Gasteiger partial charge in [0.2, 0.25) is 0 Å². The Hall–Kier alpha value is -2.03. The summed E-state index contributed by atoms with van der Waals surface area (Å²) in [5.74, 6) is -1.40. The van der Waals surface area contributed by atoms with Crippen molar-refractivity contribution in [3.8, 4) is 6.07 Å². The van der Waals surface area contributed by atoms with Crippen LogP contribution >= 0.6 is 0 Å². The van der Waals surface area contributed by atoms with E-state index in [1.54, 1.807) is 0 Å². The van der Waals surface area contributed by atoms with Crippen molar-refractivity contribution >= 4 is 11.9 Å². The van der Waals surface area contributed by atoms with E-state index in [-0.39, 0.29) is 29.5 Å². The van der Waals surface area contributed by atoms with Gasteiger partial charge in [0.15, 0.2) is 0 Å². The summed E-state index contributed by atoms with van der Waals surface area (Å²) in [6.07, 6.45) is 2.62. The predicted octanol–water partition coefficient (Wildman–Crippen LogP) is 2.18. The van der Waals surface area contributed by atoms with Crippen molar-refractivity contribution in [3.63, 3.8) is 0 Å². The second-order valence-corrected chi connectivity index (χ2v) is 7.19. The van der Waals surface area contributed by atoms with Crippen LogP contribution in [0.1, 0.15) is 53.9 Å². The van der Waals surface area contributed by atoms with E-state index in [1.165, 1.54) is 6.20 Å². The summed E-state index contributed by atoms with van der Waals surface area (Å²) in [5.41, 5.74) is -0.141. The molecule has 0 aliphatic carbocycles. The Morgan fingerprint density at radius 3 is 2.27 bits per heavy atom. The first-order valence-electron chi connectivity index (χ1n) is 7.35. The number of nitrogens with one attached hydrogen (secondary N) is 2. The fraction of sp³-hybridized carbons (Fsp3) is 0.688. The first-order valence-corrected chi connectivity index (χ1v) is 7.35. The quantitative estimate of drug-likeness (QED) is 0.362. The van der Waals surface area contributed by atoms with Crippen LogP contribution in [0.25, 0.3) is 0 Å². The van der Waals surface area contributed by atoms with Crippen molar-refractivity contribution in [2.75, 3.05) is 6.54 Å².